The summed E-state index contributed by atoms with van der Waals surface area (Å²) in [4.78, 5) is 72.9. The van der Waals surface area contributed by atoms with Crippen molar-refractivity contribution in [1.29, 1.82) is 0 Å². The summed E-state index contributed by atoms with van der Waals surface area (Å²) < 4.78 is 23.1. The lowest BCUT2D eigenvalue weighted by molar-refractivity contribution is -0.143. The Morgan fingerprint density at radius 2 is 1.47 bits per heavy atom. The molecular formula is C53H73N5O9S. The fourth-order valence-corrected chi connectivity index (χ4v) is 10.4. The number of likely N-dealkylation sites (tertiary alicyclic amines) is 1. The molecule has 8 atom stereocenters. The van der Waals surface area contributed by atoms with Crippen LogP contribution >= 0.6 is 12.2 Å². The van der Waals surface area contributed by atoms with Gasteiger partial charge in [0.1, 0.15) is 18.2 Å². The van der Waals surface area contributed by atoms with E-state index in [1.807, 2.05) is 111 Å². The molecule has 5 rings (SSSR count). The minimum Gasteiger partial charge on any atom is -0.467 e. The lowest BCUT2D eigenvalue weighted by Gasteiger charge is -2.43. The van der Waals surface area contributed by atoms with E-state index in [4.69, 9.17) is 31.2 Å². The zero-order chi connectivity index (χ0) is 49.9. The Bertz CT molecular complexity index is 2180. The zero-order valence-electron chi connectivity index (χ0n) is 41.7. The monoisotopic (exact) mass is 956 g/mol. The second kappa shape index (κ2) is 24.4. The van der Waals surface area contributed by atoms with Gasteiger partial charge in [0, 0.05) is 45.1 Å². The van der Waals surface area contributed by atoms with Crippen LogP contribution in [0.1, 0.15) is 96.8 Å². The van der Waals surface area contributed by atoms with Crippen molar-refractivity contribution < 1.29 is 42.9 Å². The number of fused-ring (bicyclic) bond motifs is 3. The molecule has 4 amide bonds. The Kier molecular flexibility index (Phi) is 19.3. The molecule has 370 valence electrons. The molecule has 68 heavy (non-hydrogen) atoms. The Morgan fingerprint density at radius 1 is 0.868 bits per heavy atom. The number of methoxy groups -OCH3 is 3. The number of hydrogen-bond donors (Lipinski definition) is 3. The molecule has 0 unspecified atom stereocenters. The minimum atomic E-state index is -1.51. The molecule has 3 aromatic rings. The van der Waals surface area contributed by atoms with Crippen molar-refractivity contribution in [3.05, 3.63) is 95.6 Å². The van der Waals surface area contributed by atoms with Gasteiger partial charge in [0.05, 0.1) is 42.8 Å². The summed E-state index contributed by atoms with van der Waals surface area (Å²) >= 11 is 5.89. The van der Waals surface area contributed by atoms with Crippen LogP contribution in [-0.4, -0.2) is 128 Å². The summed E-state index contributed by atoms with van der Waals surface area (Å²) in [6, 6.07) is 23.5. The van der Waals surface area contributed by atoms with Gasteiger partial charge in [-0.1, -0.05) is 132 Å². The van der Waals surface area contributed by atoms with Gasteiger partial charge in [-0.25, -0.2) is 9.59 Å². The molecule has 0 bridgehead atoms. The topological polar surface area (TPSA) is 165 Å². The Morgan fingerprint density at radius 3 is 2.03 bits per heavy atom. The first kappa shape index (κ1) is 53.7. The molecule has 2 aliphatic rings. The Hall–Kier alpha value is -5.22. The molecule has 1 saturated heterocycles. The van der Waals surface area contributed by atoms with Crippen molar-refractivity contribution in [2.75, 3.05) is 41.5 Å². The normalized spacial score (nSPS) is 17.8. The van der Waals surface area contributed by atoms with Crippen LogP contribution < -0.4 is 16.0 Å². The number of imide groups is 1. The van der Waals surface area contributed by atoms with Crippen molar-refractivity contribution in [2.24, 2.45) is 17.8 Å². The molecule has 3 aromatic carbocycles. The van der Waals surface area contributed by atoms with Gasteiger partial charge in [0.15, 0.2) is 0 Å². The highest BCUT2D eigenvalue weighted by Gasteiger charge is 2.44. The molecular weight excluding hydrogens is 883 g/mol. The number of rotatable bonds is 22. The first-order chi connectivity index (χ1) is 32.4. The molecule has 1 aliphatic carbocycles. The number of esters is 1. The summed E-state index contributed by atoms with van der Waals surface area (Å²) in [5.74, 6) is -2.59. The van der Waals surface area contributed by atoms with Crippen LogP contribution in [0.2, 0.25) is 0 Å². The minimum absolute atomic E-state index is 0.0302. The highest BCUT2D eigenvalue weighted by molar-refractivity contribution is 7.80. The lowest BCUT2D eigenvalue weighted by atomic mass is 9.87. The molecule has 0 saturated carbocycles. The van der Waals surface area contributed by atoms with Gasteiger partial charge < -0.3 is 34.5 Å². The summed E-state index contributed by atoms with van der Waals surface area (Å²) in [5, 5.41) is 8.48. The molecule has 15 heteroatoms. The van der Waals surface area contributed by atoms with E-state index >= 15 is 0 Å². The predicted molar refractivity (Wildman–Crippen MR) is 267 cm³/mol. The number of carbonyl (C=O) groups is 5. The van der Waals surface area contributed by atoms with Crippen LogP contribution in [0.3, 0.4) is 0 Å². The average Bonchev–Trinajstić information content (AvgIpc) is 3.93. The van der Waals surface area contributed by atoms with Gasteiger partial charge in [-0.15, -0.1) is 0 Å². The van der Waals surface area contributed by atoms with Crippen LogP contribution in [0.25, 0.3) is 11.1 Å². The van der Waals surface area contributed by atoms with E-state index in [1.54, 1.807) is 14.2 Å². The van der Waals surface area contributed by atoms with Gasteiger partial charge in [-0.3, -0.25) is 24.6 Å². The Balaban J connectivity index is 1.23. The summed E-state index contributed by atoms with van der Waals surface area (Å²) in [6.07, 6.45) is 0.726. The van der Waals surface area contributed by atoms with Crippen molar-refractivity contribution in [3.63, 3.8) is 0 Å². The van der Waals surface area contributed by atoms with Crippen LogP contribution in [0, 0.1) is 17.8 Å². The highest BCUT2D eigenvalue weighted by atomic mass is 32.1. The van der Waals surface area contributed by atoms with Crippen molar-refractivity contribution in [2.45, 2.75) is 128 Å². The SMILES string of the molecule is CC[C@H](C)[C@@H]([C@@H](CC(=O)N1CCC[C@H]1[C@H](OC)[C@@H](C)C(=S)N[C@@H](Cc1ccccc1)C(=O)OC)OC)N(C)[C@H](C(=O)NC(=O)C(C)(C)NC(=O)OCC1c2ccccc2-c2ccccc21)C(C)C. The third-order valence-electron chi connectivity index (χ3n) is 13.9. The highest BCUT2D eigenvalue weighted by Crippen LogP contribution is 2.44. The smallest absolute Gasteiger partial charge is 0.408 e. The van der Waals surface area contributed by atoms with Gasteiger partial charge in [-0.05, 0) is 73.4 Å². The maximum atomic E-state index is 14.5. The van der Waals surface area contributed by atoms with Crippen molar-refractivity contribution in [1.82, 2.24) is 25.8 Å². The zero-order valence-corrected chi connectivity index (χ0v) is 42.5. The number of alkyl carbamates (subject to hydrolysis) is 1. The van der Waals surface area contributed by atoms with E-state index < -0.39 is 59.7 Å². The van der Waals surface area contributed by atoms with E-state index in [1.165, 1.54) is 21.0 Å². The molecule has 0 spiro atoms. The third-order valence-corrected chi connectivity index (χ3v) is 14.4. The maximum Gasteiger partial charge on any atom is 0.408 e. The number of hydrogen-bond acceptors (Lipinski definition) is 11. The number of likely N-dealkylation sites (N-methyl/N-ethyl adjacent to an activating group) is 1. The molecule has 14 nitrogen and oxygen atoms in total. The first-order valence-corrected chi connectivity index (χ1v) is 24.3. The van der Waals surface area contributed by atoms with Crippen LogP contribution in [0.15, 0.2) is 78.9 Å². The van der Waals surface area contributed by atoms with Crippen LogP contribution in [-0.2, 0) is 44.5 Å². The third kappa shape index (κ3) is 12.7. The number of nitrogens with one attached hydrogen (secondary N) is 3. The predicted octanol–water partition coefficient (Wildman–Crippen LogP) is 7.07. The lowest BCUT2D eigenvalue weighted by Crippen LogP contribution is -2.62. The van der Waals surface area contributed by atoms with E-state index in [9.17, 15) is 24.0 Å². The molecule has 0 radical (unpaired) electrons. The number of nitrogens with zero attached hydrogens (tertiary/aromatic N) is 2. The van der Waals surface area contributed by atoms with Gasteiger partial charge >= 0.3 is 12.1 Å². The first-order valence-electron chi connectivity index (χ1n) is 23.9. The number of carbonyl (C=O) groups excluding carboxylic acids is 5. The molecule has 3 N–H and O–H groups in total. The van der Waals surface area contributed by atoms with Gasteiger partial charge in [-0.2, -0.15) is 0 Å². The van der Waals surface area contributed by atoms with E-state index in [2.05, 4.69) is 35.0 Å². The van der Waals surface area contributed by atoms with E-state index in [0.717, 1.165) is 40.7 Å². The largest absolute Gasteiger partial charge is 0.467 e. The van der Waals surface area contributed by atoms with Crippen LogP contribution in [0.5, 0.6) is 0 Å². The number of amides is 4. The van der Waals surface area contributed by atoms with Gasteiger partial charge in [0.25, 0.3) is 5.91 Å². The van der Waals surface area contributed by atoms with Gasteiger partial charge in [0.2, 0.25) is 11.8 Å². The quantitative estimate of drug-likeness (QED) is 0.0695. The molecule has 1 fully saturated rings. The standard InChI is InChI=1S/C53H73N5O9S/c1-12-33(4)46(43(64-9)30-44(59)58-28-20-27-42(58)47(65-10)34(5)49(68)54-41(50(61)66-11)29-35-21-14-13-15-22-35)57(8)45(32(2)3)48(60)55-51(62)53(6,7)56-52(63)67-31-40-38-25-18-16-23-36(38)37-24-17-19-26-39(37)40/h13-19,21-26,32-34,40-43,45-47H,12,20,27-31H2,1-11H3,(H,54,68)(H,56,63)(H,55,60,62)/t33-,34+,41-,42-,43+,45-,46-,47+/m0/s1. The van der Waals surface area contributed by atoms with Crippen molar-refractivity contribution >= 4 is 47.0 Å². The molecule has 1 heterocycles. The van der Waals surface area contributed by atoms with Crippen LogP contribution in [0.4, 0.5) is 4.79 Å². The number of benzene rings is 3. The summed E-state index contributed by atoms with van der Waals surface area (Å²) in [7, 11) is 6.36. The number of thiocarbonyl (C=S) groups is 1. The number of ether oxygens (including phenoxy) is 4. The summed E-state index contributed by atoms with van der Waals surface area (Å²) in [6.45, 7) is 13.5. The summed E-state index contributed by atoms with van der Waals surface area (Å²) in [5.41, 5.74) is 3.77. The second-order valence-electron chi connectivity index (χ2n) is 19.2. The van der Waals surface area contributed by atoms with Crippen molar-refractivity contribution in [3.8, 4) is 11.1 Å². The fourth-order valence-electron chi connectivity index (χ4n) is 10.1. The van der Waals surface area contributed by atoms with E-state index in [0.29, 0.717) is 24.4 Å². The van der Waals surface area contributed by atoms with E-state index in [-0.39, 0.29) is 48.6 Å². The fraction of sp³-hybridized carbons (Fsp3) is 0.547. The molecule has 1 aliphatic heterocycles. The average molecular weight is 956 g/mol. The maximum absolute atomic E-state index is 14.5. The Labute approximate surface area is 408 Å². The molecule has 0 aromatic heterocycles. The second-order valence-corrected chi connectivity index (χ2v) is 19.6.